The zero-order valence-electron chi connectivity index (χ0n) is 8.57. The van der Waals surface area contributed by atoms with Crippen LogP contribution in [0.3, 0.4) is 0 Å². The fraction of sp³-hybridized carbons (Fsp3) is 0.556. The number of rotatable bonds is 5. The van der Waals surface area contributed by atoms with Crippen molar-refractivity contribution in [2.24, 2.45) is 0 Å². The van der Waals surface area contributed by atoms with Gasteiger partial charge in [0.2, 0.25) is 0 Å². The molecule has 0 aromatic rings. The molecule has 0 aliphatic carbocycles. The van der Waals surface area contributed by atoms with Gasteiger partial charge >= 0.3 is 0 Å². The minimum absolute atomic E-state index is 0.107. The zero-order chi connectivity index (χ0) is 10.3. The lowest BCUT2D eigenvalue weighted by Gasteiger charge is -2.23. The highest BCUT2D eigenvalue weighted by molar-refractivity contribution is 7.98. The van der Waals surface area contributed by atoms with Crippen molar-refractivity contribution in [2.45, 2.75) is 19.6 Å². The molecule has 0 radical (unpaired) electrons. The monoisotopic (exact) mass is 218 g/mol. The van der Waals surface area contributed by atoms with E-state index in [4.69, 9.17) is 10.2 Å². The molecular formula is C9H19O2PSi. The van der Waals surface area contributed by atoms with Crippen LogP contribution in [-0.4, -0.2) is 31.2 Å². The number of aliphatic hydroxyl groups excluding tert-OH is 2. The topological polar surface area (TPSA) is 40.5 Å². The summed E-state index contributed by atoms with van der Waals surface area (Å²) >= 11 is 0. The van der Waals surface area contributed by atoms with Crippen molar-refractivity contribution in [1.82, 2.24) is 0 Å². The third kappa shape index (κ3) is 6.16. The van der Waals surface area contributed by atoms with Gasteiger partial charge in [-0.3, -0.25) is 0 Å². The highest BCUT2D eigenvalue weighted by Crippen LogP contribution is 2.49. The molecule has 0 spiro atoms. The molecular weight excluding hydrogens is 199 g/mol. The van der Waals surface area contributed by atoms with E-state index in [0.29, 0.717) is 0 Å². The number of hydrogen-bond donors (Lipinski definition) is 2. The van der Waals surface area contributed by atoms with Crippen LogP contribution in [0.15, 0.2) is 23.8 Å². The van der Waals surface area contributed by atoms with Crippen LogP contribution in [0.25, 0.3) is 0 Å². The number of hydrogen-bond acceptors (Lipinski definition) is 2. The first kappa shape index (κ1) is 13.0. The summed E-state index contributed by atoms with van der Waals surface area (Å²) in [6.07, 6.45) is 3.59. The fourth-order valence-corrected chi connectivity index (χ4v) is 5.77. The van der Waals surface area contributed by atoms with Crippen molar-refractivity contribution in [3.05, 3.63) is 23.8 Å². The fourth-order valence-electron chi connectivity index (χ4n) is 0.818. The minimum atomic E-state index is -1.19. The van der Waals surface area contributed by atoms with Gasteiger partial charge in [0, 0.05) is 0 Å². The Morgan fingerprint density at radius 3 is 1.62 bits per heavy atom. The van der Waals surface area contributed by atoms with Crippen LogP contribution >= 0.6 is 7.47 Å². The summed E-state index contributed by atoms with van der Waals surface area (Å²) < 4.78 is 0. The second-order valence-corrected chi connectivity index (χ2v) is 15.0. The maximum Gasteiger partial charge on any atom is 0.0812 e. The summed E-state index contributed by atoms with van der Waals surface area (Å²) in [5.41, 5.74) is 0. The maximum absolute atomic E-state index is 8.67. The normalized spacial score (nSPS) is 13.7. The summed E-state index contributed by atoms with van der Waals surface area (Å²) in [7, 11) is -1.45. The molecule has 0 unspecified atom stereocenters. The Balaban J connectivity index is 4.37. The summed E-state index contributed by atoms with van der Waals surface area (Å²) in [6, 6.07) is 0. The van der Waals surface area contributed by atoms with Crippen LogP contribution in [0.1, 0.15) is 0 Å². The highest BCUT2D eigenvalue weighted by Gasteiger charge is 2.21. The van der Waals surface area contributed by atoms with Gasteiger partial charge in [-0.1, -0.05) is 50.9 Å². The van der Waals surface area contributed by atoms with Gasteiger partial charge in [-0.2, -0.15) is 0 Å². The van der Waals surface area contributed by atoms with E-state index >= 15 is 0 Å². The second kappa shape index (κ2) is 6.49. The van der Waals surface area contributed by atoms with Crippen molar-refractivity contribution in [1.29, 1.82) is 0 Å². The quantitative estimate of drug-likeness (QED) is 0.549. The summed E-state index contributed by atoms with van der Waals surface area (Å²) in [5.74, 6) is 4.18. The highest BCUT2D eigenvalue weighted by atomic mass is 31.4. The maximum atomic E-state index is 8.67. The number of aliphatic hydroxyl groups is 2. The average Bonchev–Trinajstić information content (AvgIpc) is 2.02. The minimum Gasteiger partial charge on any atom is -0.392 e. The molecule has 0 aromatic carbocycles. The Labute approximate surface area is 82.6 Å². The smallest absolute Gasteiger partial charge is 0.0812 e. The third-order valence-electron chi connectivity index (χ3n) is 1.52. The van der Waals surface area contributed by atoms with Gasteiger partial charge in [0.05, 0.1) is 21.0 Å². The molecule has 0 saturated heterocycles. The first-order valence-electron chi connectivity index (χ1n) is 4.36. The molecule has 0 bridgehead atoms. The Kier molecular flexibility index (Phi) is 6.52. The van der Waals surface area contributed by atoms with E-state index in [1.165, 1.54) is 0 Å². The average molecular weight is 218 g/mol. The van der Waals surface area contributed by atoms with Gasteiger partial charge < -0.3 is 10.2 Å². The molecule has 0 atom stereocenters. The molecule has 76 valence electrons. The van der Waals surface area contributed by atoms with Gasteiger partial charge in [-0.25, -0.2) is 0 Å². The summed E-state index contributed by atoms with van der Waals surface area (Å²) in [6.45, 7) is 7.10. The molecule has 2 N–H and O–H groups in total. The van der Waals surface area contributed by atoms with Crippen molar-refractivity contribution < 1.29 is 10.2 Å². The van der Waals surface area contributed by atoms with E-state index in [1.807, 2.05) is 0 Å². The van der Waals surface area contributed by atoms with Crippen LogP contribution in [0.5, 0.6) is 0 Å². The molecule has 0 aromatic heterocycles. The molecule has 0 fully saturated rings. The Morgan fingerprint density at radius 1 is 1.00 bits per heavy atom. The van der Waals surface area contributed by atoms with E-state index in [-0.39, 0.29) is 20.7 Å². The summed E-state index contributed by atoms with van der Waals surface area (Å²) in [5, 5.41) is 17.3. The lowest BCUT2D eigenvalue weighted by Crippen LogP contribution is -2.15. The molecule has 0 aliphatic heterocycles. The molecule has 0 saturated carbocycles. The molecule has 0 aliphatic rings. The lowest BCUT2D eigenvalue weighted by atomic mass is 10.7. The van der Waals surface area contributed by atoms with Gasteiger partial charge in [-0.15, -0.1) is 0 Å². The van der Waals surface area contributed by atoms with E-state index in [2.05, 4.69) is 31.3 Å². The van der Waals surface area contributed by atoms with Crippen LogP contribution in [0, 0.1) is 0 Å². The third-order valence-corrected chi connectivity index (χ3v) is 9.67. The van der Waals surface area contributed by atoms with Crippen molar-refractivity contribution >= 4 is 15.2 Å². The summed E-state index contributed by atoms with van der Waals surface area (Å²) in [4.78, 5) is 0. The largest absolute Gasteiger partial charge is 0.392 e. The molecule has 0 heterocycles. The lowest BCUT2D eigenvalue weighted by molar-refractivity contribution is 0.343. The van der Waals surface area contributed by atoms with Crippen LogP contribution in [-0.2, 0) is 0 Å². The van der Waals surface area contributed by atoms with Gasteiger partial charge in [-0.05, 0) is 0 Å². The van der Waals surface area contributed by atoms with Gasteiger partial charge in [0.25, 0.3) is 0 Å². The Hall–Kier alpha value is 0.0469. The molecule has 13 heavy (non-hydrogen) atoms. The van der Waals surface area contributed by atoms with E-state index in [0.717, 1.165) is 0 Å². The van der Waals surface area contributed by atoms with Gasteiger partial charge in [0.15, 0.2) is 0 Å². The van der Waals surface area contributed by atoms with E-state index in [9.17, 15) is 0 Å². The molecule has 4 heteroatoms. The van der Waals surface area contributed by atoms with Crippen LogP contribution in [0.2, 0.25) is 19.6 Å². The van der Waals surface area contributed by atoms with Crippen molar-refractivity contribution in [3.8, 4) is 0 Å². The zero-order valence-corrected chi connectivity index (χ0v) is 10.5. The Morgan fingerprint density at radius 2 is 1.38 bits per heavy atom. The van der Waals surface area contributed by atoms with E-state index < -0.39 is 7.74 Å². The van der Waals surface area contributed by atoms with Gasteiger partial charge in [0.1, 0.15) is 0 Å². The van der Waals surface area contributed by atoms with Crippen molar-refractivity contribution in [3.63, 3.8) is 0 Å². The first-order chi connectivity index (χ1) is 6.02. The van der Waals surface area contributed by atoms with E-state index in [1.54, 1.807) is 12.2 Å². The predicted molar refractivity (Wildman–Crippen MR) is 62.7 cm³/mol. The molecule has 0 amide bonds. The van der Waals surface area contributed by atoms with Crippen LogP contribution < -0.4 is 0 Å². The predicted octanol–water partition coefficient (Wildman–Crippen LogP) is 2.32. The first-order valence-corrected chi connectivity index (χ1v) is 10.2. The standard InChI is InChI=1S/C9H19O2PSi/c1-13(2,3)12(8-4-6-10)9-5-7-11/h4-5,8-11H,6-7H2,1-3H3/b8-4+,9-5+. The van der Waals surface area contributed by atoms with Crippen LogP contribution in [0.4, 0.5) is 0 Å². The van der Waals surface area contributed by atoms with Crippen molar-refractivity contribution in [2.75, 3.05) is 13.2 Å². The Bertz CT molecular complexity index is 171. The SMILES string of the molecule is C[Si](C)(C)P(/C=C/CO)/C=C/CO. The molecule has 0 rings (SSSR count). The molecule has 2 nitrogen and oxygen atoms in total. The second-order valence-electron chi connectivity index (χ2n) is 3.71.